The van der Waals surface area contributed by atoms with Gasteiger partial charge in [0.05, 0.1) is 16.3 Å². The van der Waals surface area contributed by atoms with Gasteiger partial charge in [-0.2, -0.15) is 5.26 Å². The highest BCUT2D eigenvalue weighted by Gasteiger charge is 2.35. The molecule has 0 saturated heterocycles. The van der Waals surface area contributed by atoms with Crippen LogP contribution in [0, 0.1) is 11.3 Å². The zero-order chi connectivity index (χ0) is 19.4. The van der Waals surface area contributed by atoms with Gasteiger partial charge in [-0.25, -0.2) is 0 Å². The summed E-state index contributed by atoms with van der Waals surface area (Å²) in [6, 6.07) is 9.77. The van der Waals surface area contributed by atoms with Gasteiger partial charge < -0.3 is 9.88 Å². The van der Waals surface area contributed by atoms with Crippen molar-refractivity contribution in [2.24, 2.45) is 7.05 Å². The molecule has 1 atom stereocenters. The molecule has 8 heteroatoms. The fraction of sp³-hybridized carbons (Fsp3) is 0.474. The lowest BCUT2D eigenvalue weighted by atomic mass is 9.83. The van der Waals surface area contributed by atoms with Crippen LogP contribution in [-0.2, 0) is 11.8 Å². The van der Waals surface area contributed by atoms with Crippen LogP contribution >= 0.6 is 23.4 Å². The van der Waals surface area contributed by atoms with Crippen molar-refractivity contribution in [1.29, 1.82) is 5.26 Å². The number of thioether (sulfide) groups is 1. The van der Waals surface area contributed by atoms with Crippen LogP contribution in [0.3, 0.4) is 0 Å². The summed E-state index contributed by atoms with van der Waals surface area (Å²) in [6.07, 6.45) is 4.49. The van der Waals surface area contributed by atoms with Crippen molar-refractivity contribution >= 4 is 29.3 Å². The maximum Gasteiger partial charge on any atom is 0.234 e. The zero-order valence-electron chi connectivity index (χ0n) is 15.4. The van der Waals surface area contributed by atoms with Gasteiger partial charge in [-0.3, -0.25) is 4.79 Å². The lowest BCUT2D eigenvalue weighted by Gasteiger charge is -2.32. The molecule has 2 aromatic rings. The van der Waals surface area contributed by atoms with E-state index in [1.807, 2.05) is 36.7 Å². The average molecular weight is 404 g/mol. The monoisotopic (exact) mass is 403 g/mol. The summed E-state index contributed by atoms with van der Waals surface area (Å²) >= 11 is 7.58. The van der Waals surface area contributed by atoms with Crippen molar-refractivity contribution < 1.29 is 4.79 Å². The number of carbonyl (C=O) groups excluding carboxylic acids is 1. The number of nitriles is 1. The summed E-state index contributed by atoms with van der Waals surface area (Å²) in [7, 11) is 1.85. The maximum atomic E-state index is 12.7. The quantitative estimate of drug-likeness (QED) is 0.764. The second-order valence-corrected chi connectivity index (χ2v) is 8.56. The van der Waals surface area contributed by atoms with Gasteiger partial charge >= 0.3 is 0 Å². The van der Waals surface area contributed by atoms with Crippen LogP contribution in [0.15, 0.2) is 29.4 Å². The number of rotatable bonds is 5. The lowest BCUT2D eigenvalue weighted by Crippen LogP contribution is -2.50. The molecule has 1 aromatic heterocycles. The molecule has 3 rings (SSSR count). The minimum atomic E-state index is -0.729. The molecule has 142 valence electrons. The predicted octanol–water partition coefficient (Wildman–Crippen LogP) is 3.96. The highest BCUT2D eigenvalue weighted by atomic mass is 35.5. The maximum absolute atomic E-state index is 12.7. The third kappa shape index (κ3) is 4.28. The van der Waals surface area contributed by atoms with Crippen molar-refractivity contribution in [3.8, 4) is 17.5 Å². The van der Waals surface area contributed by atoms with Crippen LogP contribution in [0.1, 0.15) is 39.0 Å². The molecule has 0 aliphatic heterocycles. The van der Waals surface area contributed by atoms with E-state index >= 15 is 0 Å². The molecule has 0 unspecified atom stereocenters. The summed E-state index contributed by atoms with van der Waals surface area (Å²) in [4.78, 5) is 12.7. The highest BCUT2D eigenvalue weighted by molar-refractivity contribution is 8.00. The van der Waals surface area contributed by atoms with Gasteiger partial charge in [0.25, 0.3) is 0 Å². The molecule has 1 fully saturated rings. The SMILES string of the molecule is C[C@H](Sc1nnc(-c2ccccc2Cl)n1C)C(=O)NC1(C#N)CCCCC1. The van der Waals surface area contributed by atoms with Crippen LogP contribution in [0.2, 0.25) is 5.02 Å². The molecular formula is C19H22ClN5OS. The first kappa shape index (κ1) is 19.7. The molecule has 0 radical (unpaired) electrons. The number of carbonyl (C=O) groups is 1. The number of benzene rings is 1. The molecule has 1 heterocycles. The molecule has 1 saturated carbocycles. The minimum absolute atomic E-state index is 0.147. The number of nitrogens with zero attached hydrogens (tertiary/aromatic N) is 4. The van der Waals surface area contributed by atoms with E-state index in [9.17, 15) is 10.1 Å². The normalized spacial score (nSPS) is 17.1. The fourth-order valence-corrected chi connectivity index (χ4v) is 4.30. The zero-order valence-corrected chi connectivity index (χ0v) is 17.0. The molecule has 1 aromatic carbocycles. The lowest BCUT2D eigenvalue weighted by molar-refractivity contribution is -0.121. The van der Waals surface area contributed by atoms with Crippen LogP contribution in [0.5, 0.6) is 0 Å². The molecule has 0 bridgehead atoms. The molecule has 6 nitrogen and oxygen atoms in total. The number of aromatic nitrogens is 3. The van der Waals surface area contributed by atoms with E-state index in [2.05, 4.69) is 21.6 Å². The summed E-state index contributed by atoms with van der Waals surface area (Å²) in [5.41, 5.74) is 0.0657. The van der Waals surface area contributed by atoms with E-state index in [0.717, 1.165) is 24.8 Å². The van der Waals surface area contributed by atoms with Crippen molar-refractivity contribution in [2.75, 3.05) is 0 Å². The minimum Gasteiger partial charge on any atom is -0.337 e. The van der Waals surface area contributed by atoms with Gasteiger partial charge in [-0.15, -0.1) is 10.2 Å². The predicted molar refractivity (Wildman–Crippen MR) is 106 cm³/mol. The third-order valence-electron chi connectivity index (χ3n) is 4.88. The molecule has 1 amide bonds. The first-order valence-electron chi connectivity index (χ1n) is 9.00. The topological polar surface area (TPSA) is 83.6 Å². The Morgan fingerprint density at radius 3 is 2.70 bits per heavy atom. The number of nitrogens with one attached hydrogen (secondary N) is 1. The summed E-state index contributed by atoms with van der Waals surface area (Å²) in [6.45, 7) is 1.82. The fourth-order valence-electron chi connectivity index (χ4n) is 3.26. The van der Waals surface area contributed by atoms with Gasteiger partial charge in [-0.1, -0.05) is 54.8 Å². The summed E-state index contributed by atoms with van der Waals surface area (Å²) in [5.74, 6) is 0.502. The first-order chi connectivity index (χ1) is 13.0. The van der Waals surface area contributed by atoms with Gasteiger partial charge in [0.1, 0.15) is 5.54 Å². The Bertz CT molecular complexity index is 869. The molecule has 27 heavy (non-hydrogen) atoms. The Balaban J connectivity index is 1.71. The Labute approximate surface area is 168 Å². The van der Waals surface area contributed by atoms with Crippen molar-refractivity contribution in [1.82, 2.24) is 20.1 Å². The number of hydrogen-bond acceptors (Lipinski definition) is 5. The highest BCUT2D eigenvalue weighted by Crippen LogP contribution is 2.31. The summed E-state index contributed by atoms with van der Waals surface area (Å²) < 4.78 is 1.83. The Morgan fingerprint density at radius 2 is 2.04 bits per heavy atom. The van der Waals surface area contributed by atoms with E-state index in [1.165, 1.54) is 11.8 Å². The van der Waals surface area contributed by atoms with E-state index in [4.69, 9.17) is 11.6 Å². The van der Waals surface area contributed by atoms with Gasteiger partial charge in [0.15, 0.2) is 11.0 Å². The number of hydrogen-bond donors (Lipinski definition) is 1. The van der Waals surface area contributed by atoms with Crippen LogP contribution < -0.4 is 5.32 Å². The van der Waals surface area contributed by atoms with Crippen molar-refractivity contribution in [2.45, 2.75) is 55.0 Å². The molecular weight excluding hydrogens is 382 g/mol. The van der Waals surface area contributed by atoms with Gasteiger partial charge in [-0.05, 0) is 31.9 Å². The number of amides is 1. The van der Waals surface area contributed by atoms with Crippen LogP contribution in [0.4, 0.5) is 0 Å². The standard InChI is InChI=1S/C19H22ClN5OS/c1-13(17(26)22-19(12-21)10-6-3-7-11-19)27-18-24-23-16(25(18)2)14-8-4-5-9-15(14)20/h4-5,8-9,13H,3,6-7,10-11H2,1-2H3,(H,22,26)/t13-/m0/s1. The van der Waals surface area contributed by atoms with Crippen LogP contribution in [-0.4, -0.2) is 31.5 Å². The number of halogens is 1. The van der Waals surface area contributed by atoms with E-state index in [-0.39, 0.29) is 11.2 Å². The second kappa shape index (κ2) is 8.32. The molecule has 1 aliphatic rings. The first-order valence-corrected chi connectivity index (χ1v) is 10.3. The van der Waals surface area contributed by atoms with Gasteiger partial charge in [0.2, 0.25) is 5.91 Å². The van der Waals surface area contributed by atoms with E-state index in [0.29, 0.717) is 28.8 Å². The second-order valence-electron chi connectivity index (χ2n) is 6.85. The van der Waals surface area contributed by atoms with Crippen molar-refractivity contribution in [3.05, 3.63) is 29.3 Å². The smallest absolute Gasteiger partial charge is 0.234 e. The van der Waals surface area contributed by atoms with Crippen LogP contribution in [0.25, 0.3) is 11.4 Å². The van der Waals surface area contributed by atoms with Gasteiger partial charge in [0, 0.05) is 12.6 Å². The average Bonchev–Trinajstić information content (AvgIpc) is 3.03. The van der Waals surface area contributed by atoms with Crippen molar-refractivity contribution in [3.63, 3.8) is 0 Å². The summed E-state index contributed by atoms with van der Waals surface area (Å²) in [5, 5.41) is 21.8. The largest absolute Gasteiger partial charge is 0.337 e. The third-order valence-corrected chi connectivity index (χ3v) is 6.35. The van der Waals surface area contributed by atoms with E-state index in [1.54, 1.807) is 6.07 Å². The Hall–Kier alpha value is -2.04. The Morgan fingerprint density at radius 1 is 1.33 bits per heavy atom. The molecule has 0 spiro atoms. The molecule has 1 N–H and O–H groups in total. The van der Waals surface area contributed by atoms with E-state index < -0.39 is 5.54 Å². The Kier molecular flexibility index (Phi) is 6.08. The molecule has 1 aliphatic carbocycles.